The van der Waals surface area contributed by atoms with Crippen LogP contribution in [0.2, 0.25) is 0 Å². The minimum Gasteiger partial charge on any atom is -0.506 e. The van der Waals surface area contributed by atoms with Crippen LogP contribution in [-0.4, -0.2) is 198 Å². The average molecular weight is 1230 g/mol. The monoisotopic (exact) mass is 1230 g/mol. The minimum absolute atomic E-state index is 0.0126. The fourth-order valence-corrected chi connectivity index (χ4v) is 11.2. The number of anilines is 1. The van der Waals surface area contributed by atoms with Gasteiger partial charge in [-0.2, -0.15) is 0 Å². The number of hydrogen-bond donors (Lipinski definition) is 8. The summed E-state index contributed by atoms with van der Waals surface area (Å²) in [5, 5.41) is 39.3. The Labute approximate surface area is 499 Å². The number of esters is 1. The van der Waals surface area contributed by atoms with Crippen LogP contribution in [-0.2, 0) is 68.3 Å². The fraction of sp³-hybridized carbons (Fsp3) is 0.589. The maximum absolute atomic E-state index is 14.3. The summed E-state index contributed by atoms with van der Waals surface area (Å²) in [6.07, 6.45) is 4.21. The Morgan fingerprint density at radius 1 is 0.800 bits per heavy atom. The number of benzene rings is 1. The van der Waals surface area contributed by atoms with Gasteiger partial charge in [-0.1, -0.05) is 47.1 Å². The van der Waals surface area contributed by atoms with Crippen LogP contribution >= 0.6 is 18.9 Å². The Bertz CT molecular complexity index is 2740. The molecule has 1 aromatic heterocycles. The molecule has 4 rings (SSSR count). The summed E-state index contributed by atoms with van der Waals surface area (Å²) >= 11 is 1.07. The van der Waals surface area contributed by atoms with Gasteiger partial charge < -0.3 is 45.3 Å². The average Bonchev–Trinajstić information content (AvgIpc) is 3.97. The number of ether oxygens (including phenoxy) is 3. The van der Waals surface area contributed by atoms with E-state index in [0.29, 0.717) is 12.0 Å². The highest BCUT2D eigenvalue weighted by molar-refractivity contribution is 7.57. The van der Waals surface area contributed by atoms with Crippen molar-refractivity contribution in [1.29, 1.82) is 0 Å². The zero-order valence-corrected chi connectivity index (χ0v) is 52.0. The molecule has 470 valence electrons. The van der Waals surface area contributed by atoms with E-state index in [1.165, 1.54) is 31.4 Å². The predicted octanol–water partition coefficient (Wildman–Crippen LogP) is 2.74. The predicted molar refractivity (Wildman–Crippen MR) is 314 cm³/mol. The number of aromatic hydroxyl groups is 1. The van der Waals surface area contributed by atoms with Crippen LogP contribution in [0, 0.1) is 17.8 Å². The Hall–Kier alpha value is -6.78. The van der Waals surface area contributed by atoms with E-state index < -0.39 is 90.7 Å². The normalized spacial score (nSPS) is 15.7. The molecule has 0 radical (unpaired) electrons. The molecule has 29 heteroatoms. The number of carboxylic acid groups (broad SMARTS) is 1. The summed E-state index contributed by atoms with van der Waals surface area (Å²) in [5.74, 6) is -7.03. The molecule has 1 unspecified atom stereocenters. The number of phenols is 1. The van der Waals surface area contributed by atoms with E-state index in [1.54, 1.807) is 50.9 Å². The number of carbonyl (C=O) groups excluding carboxylic acids is 9. The molecule has 2 aromatic rings. The van der Waals surface area contributed by atoms with Crippen molar-refractivity contribution in [3.8, 4) is 5.75 Å². The van der Waals surface area contributed by atoms with E-state index >= 15 is 0 Å². The number of carboxylic acids is 1. The molecule has 0 saturated heterocycles. The summed E-state index contributed by atoms with van der Waals surface area (Å²) in [5.41, 5.74) is -0.343. The number of hydrogen-bond acceptors (Lipinski definition) is 18. The number of nitrogens with zero attached hydrogens (tertiary/aromatic N) is 5. The number of nitrogens with one attached hydrogen (secondary N) is 6. The first-order valence-corrected chi connectivity index (χ1v) is 30.7. The zero-order chi connectivity index (χ0) is 63.3. The molecule has 8 amide bonds. The number of carbonyl (C=O) groups is 10. The summed E-state index contributed by atoms with van der Waals surface area (Å²) in [7, 11) is 1.60. The number of aromatic nitrogens is 1. The molecular weight excluding hydrogens is 1150 g/mol. The third-order valence-electron chi connectivity index (χ3n) is 14.6. The lowest BCUT2D eigenvalue weighted by Crippen LogP contribution is -2.60. The minimum atomic E-state index is -3.62. The number of amides is 8. The van der Waals surface area contributed by atoms with Crippen molar-refractivity contribution in [3.63, 3.8) is 0 Å². The molecular formula is C56H84N11O16PS. The zero-order valence-electron chi connectivity index (χ0n) is 50.3. The van der Waals surface area contributed by atoms with Crippen LogP contribution in [0.5, 0.6) is 5.75 Å². The largest absolute Gasteiger partial charge is 0.506 e. The molecule has 2 aliphatic heterocycles. The number of phenolic OH excluding ortho intramolecular Hbond substituents is 1. The molecule has 0 fully saturated rings. The second-order valence-electron chi connectivity index (χ2n) is 21.8. The van der Waals surface area contributed by atoms with Crippen LogP contribution in [0.1, 0.15) is 108 Å². The Morgan fingerprint density at radius 2 is 1.36 bits per heavy atom. The molecule has 0 aliphatic carbocycles. The second kappa shape index (κ2) is 33.2. The van der Waals surface area contributed by atoms with Gasteiger partial charge in [0.05, 0.1) is 50.0 Å². The fourth-order valence-electron chi connectivity index (χ4n) is 8.78. The van der Waals surface area contributed by atoms with E-state index in [1.807, 2.05) is 27.7 Å². The van der Waals surface area contributed by atoms with Crippen molar-refractivity contribution in [3.05, 3.63) is 64.1 Å². The van der Waals surface area contributed by atoms with E-state index in [4.69, 9.17) is 14.2 Å². The summed E-state index contributed by atoms with van der Waals surface area (Å²) in [4.78, 5) is 137. The highest BCUT2D eigenvalue weighted by atomic mass is 32.1. The van der Waals surface area contributed by atoms with Crippen molar-refractivity contribution in [2.45, 2.75) is 117 Å². The Morgan fingerprint density at radius 3 is 1.89 bits per heavy atom. The molecule has 0 spiro atoms. The van der Waals surface area contributed by atoms with Gasteiger partial charge in [-0.25, -0.2) is 20.2 Å². The summed E-state index contributed by atoms with van der Waals surface area (Å²) in [6.45, 7) is 14.0. The molecule has 0 saturated carbocycles. The highest BCUT2D eigenvalue weighted by Gasteiger charge is 2.39. The molecule has 27 nitrogen and oxygen atoms in total. The van der Waals surface area contributed by atoms with E-state index in [2.05, 4.69) is 36.2 Å². The van der Waals surface area contributed by atoms with Crippen LogP contribution in [0.25, 0.3) is 0 Å². The molecule has 8 N–H and O–H groups in total. The first-order valence-electron chi connectivity index (χ1n) is 28.1. The van der Waals surface area contributed by atoms with Crippen LogP contribution in [0.4, 0.5) is 5.69 Å². The lowest BCUT2D eigenvalue weighted by atomic mass is 9.92. The van der Waals surface area contributed by atoms with Crippen molar-refractivity contribution >= 4 is 83.8 Å². The summed E-state index contributed by atoms with van der Waals surface area (Å²) in [6, 6.07) is 2.28. The lowest BCUT2D eigenvalue weighted by Gasteiger charge is -2.38. The van der Waals surface area contributed by atoms with Gasteiger partial charge in [-0.15, -0.1) is 11.3 Å². The SMILES string of the molecule is CC[C@H](C)[C@H](NC(=O)C(C)(C)N(C)C)C(=O)N(C)[C@H](C[C@@H](OC(C)=O)c1nc(C(=O)N[C@@H](Cc2ccc(O)c(NC(=O)CCOCCOCCNP(=O)(NCCN3C(=O)C=CC3=O)NCCN3C(=O)C=CC3=O)c2)CC(C)C(=O)O)cs1)C(C)C. The van der Waals surface area contributed by atoms with E-state index in [-0.39, 0.29) is 131 Å². The highest BCUT2D eigenvalue weighted by Crippen LogP contribution is 2.33. The maximum atomic E-state index is 14.3. The molecule has 0 bridgehead atoms. The molecule has 85 heavy (non-hydrogen) atoms. The quantitative estimate of drug-likeness (QED) is 0.0157. The summed E-state index contributed by atoms with van der Waals surface area (Å²) < 4.78 is 30.7. The van der Waals surface area contributed by atoms with Gasteiger partial charge >= 0.3 is 11.9 Å². The molecule has 6 atom stereocenters. The van der Waals surface area contributed by atoms with Gasteiger partial charge in [0, 0.05) is 94.9 Å². The Balaban J connectivity index is 1.32. The van der Waals surface area contributed by atoms with Crippen molar-refractivity contribution < 1.29 is 76.9 Å². The van der Waals surface area contributed by atoms with Crippen molar-refractivity contribution in [1.82, 2.24) is 50.5 Å². The first kappa shape index (κ1) is 70.7. The van der Waals surface area contributed by atoms with Gasteiger partial charge in [0.15, 0.2) is 6.10 Å². The van der Waals surface area contributed by atoms with Gasteiger partial charge in [0.1, 0.15) is 22.5 Å². The second-order valence-corrected chi connectivity index (χ2v) is 24.9. The number of aliphatic carboxylic acids is 1. The standard InChI is InChI=1S/C56H84N11O16PS/c1-12-35(4)50(63-55(79)56(7,8)64(9)10)53(76)65(11)42(34(2)3)32-44(83-37(6)68)52-62-41(33-85-52)51(75)60-39(29-36(5)54(77)78)30-38-13-14-43(69)40(31-38)61-45(70)19-25-81-27-28-82-26-22-59-84(80,57-20-23-66-46(71)15-16-47(66)72)58-21-24-67-48(73)17-18-49(67)74/h13-18,31,33-36,39,42,44,50,69H,12,19-30,32H2,1-11H3,(H,60,75)(H,61,70)(H,63,79)(H,77,78)(H3,57,58,59,80)/t35-,36?,39+,42+,44+,50-/m0/s1. The van der Waals surface area contributed by atoms with Crippen molar-refractivity contribution in [2.24, 2.45) is 17.8 Å². The molecule has 3 heterocycles. The third kappa shape index (κ3) is 21.6. The van der Waals surface area contributed by atoms with Crippen LogP contribution < -0.4 is 31.2 Å². The number of likely N-dealkylation sites (N-methyl/N-ethyl adjacent to an activating group) is 2. The maximum Gasteiger partial charge on any atom is 0.306 e. The van der Waals surface area contributed by atoms with Gasteiger partial charge in [-0.05, 0) is 70.3 Å². The number of rotatable bonds is 38. The third-order valence-corrected chi connectivity index (χ3v) is 17.6. The smallest absolute Gasteiger partial charge is 0.306 e. The topological polar surface area (TPSA) is 354 Å². The van der Waals surface area contributed by atoms with Crippen molar-refractivity contribution in [2.75, 3.05) is 85.6 Å². The number of imide groups is 2. The van der Waals surface area contributed by atoms with E-state index in [9.17, 15) is 62.7 Å². The molecule has 1 aromatic carbocycles. The van der Waals surface area contributed by atoms with Crippen LogP contribution in [0.15, 0.2) is 47.9 Å². The van der Waals surface area contributed by atoms with Gasteiger partial charge in [0.25, 0.3) is 37.1 Å². The van der Waals surface area contributed by atoms with Crippen LogP contribution in [0.3, 0.4) is 0 Å². The molecule has 2 aliphatic rings. The number of thiazole rings is 1. The Kier molecular flexibility index (Phi) is 27.6. The van der Waals surface area contributed by atoms with Gasteiger partial charge in [-0.3, -0.25) is 67.2 Å². The first-order chi connectivity index (χ1) is 40.0. The van der Waals surface area contributed by atoms with Gasteiger partial charge in [0.2, 0.25) is 17.7 Å². The van der Waals surface area contributed by atoms with E-state index in [0.717, 1.165) is 45.4 Å². The lowest BCUT2D eigenvalue weighted by molar-refractivity contribution is -0.149.